The van der Waals surface area contributed by atoms with E-state index in [4.69, 9.17) is 4.42 Å². The van der Waals surface area contributed by atoms with Crippen molar-refractivity contribution in [1.29, 1.82) is 0 Å². The summed E-state index contributed by atoms with van der Waals surface area (Å²) in [6.07, 6.45) is -2.10. The largest absolute Gasteiger partial charge is 0.530 e. The van der Waals surface area contributed by atoms with Crippen LogP contribution in [0, 0.1) is 0 Å². The molecule has 0 bridgehead atoms. The Labute approximate surface area is 175 Å². The molecule has 2 amide bonds. The van der Waals surface area contributed by atoms with Crippen LogP contribution in [-0.4, -0.2) is 41.0 Å². The van der Waals surface area contributed by atoms with E-state index in [0.717, 1.165) is 5.56 Å². The van der Waals surface area contributed by atoms with Gasteiger partial charge in [0.15, 0.2) is 11.3 Å². The number of furan rings is 1. The number of piperidine rings is 1. The molecule has 3 aromatic rings. The summed E-state index contributed by atoms with van der Waals surface area (Å²) >= 11 is 0. The lowest BCUT2D eigenvalue weighted by atomic mass is 10.0. The number of carbonyl (C=O) groups is 2. The molecule has 2 N–H and O–H groups in total. The molecule has 31 heavy (non-hydrogen) atoms. The first kappa shape index (κ1) is 20.6. The van der Waals surface area contributed by atoms with Crippen LogP contribution in [-0.2, 0) is 6.54 Å². The smallest absolute Gasteiger partial charge is 0.253 e. The van der Waals surface area contributed by atoms with Crippen molar-refractivity contribution >= 4 is 23.0 Å². The lowest BCUT2D eigenvalue weighted by Gasteiger charge is -2.31. The van der Waals surface area contributed by atoms with E-state index in [1.165, 1.54) is 11.0 Å². The third-order valence-corrected chi connectivity index (χ3v) is 5.30. The number of likely N-dealkylation sites (tertiary alicyclic amines) is 1. The number of carboxylic acid groups (broad SMARTS) is 1. The molecule has 4 rings (SSSR count). The van der Waals surface area contributed by atoms with Crippen LogP contribution in [0.25, 0.3) is 22.1 Å². The topological polar surface area (TPSA) is 106 Å². The summed E-state index contributed by atoms with van der Waals surface area (Å²) in [5, 5.41) is 23.5. The Morgan fingerprint density at radius 2 is 1.77 bits per heavy atom. The number of nitrogens with one attached hydrogen (secondary N) is 1. The van der Waals surface area contributed by atoms with Crippen molar-refractivity contribution in [3.63, 3.8) is 0 Å². The minimum atomic E-state index is -2.71. The maximum Gasteiger partial charge on any atom is 0.253 e. The fourth-order valence-corrected chi connectivity index (χ4v) is 3.63. The van der Waals surface area contributed by atoms with Gasteiger partial charge in [0.25, 0.3) is 11.8 Å². The number of halogens is 2. The molecule has 1 aliphatic heterocycles. The second-order valence-electron chi connectivity index (χ2n) is 7.49. The SMILES string of the molecule is O=C([O-])NCc1cc2cc(-c3ccc(C(=O)N4CCC(F)(F)CC4)cc3)cc(O)c2o1. The monoisotopic (exact) mass is 429 g/mol. The van der Waals surface area contributed by atoms with Crippen LogP contribution in [0.2, 0.25) is 0 Å². The predicted molar refractivity (Wildman–Crippen MR) is 106 cm³/mol. The van der Waals surface area contributed by atoms with Crippen molar-refractivity contribution in [3.05, 3.63) is 53.8 Å². The van der Waals surface area contributed by atoms with Gasteiger partial charge in [0.1, 0.15) is 11.9 Å². The summed E-state index contributed by atoms with van der Waals surface area (Å²) in [5.74, 6) is -2.80. The van der Waals surface area contributed by atoms with Crippen LogP contribution >= 0.6 is 0 Å². The molecule has 0 aliphatic carbocycles. The normalized spacial score (nSPS) is 15.7. The fraction of sp³-hybridized carbons (Fsp3) is 0.273. The highest BCUT2D eigenvalue weighted by Gasteiger charge is 2.35. The zero-order chi connectivity index (χ0) is 22.2. The molecule has 0 saturated carbocycles. The maximum absolute atomic E-state index is 13.3. The number of hydrogen-bond acceptors (Lipinski definition) is 5. The summed E-state index contributed by atoms with van der Waals surface area (Å²) in [6, 6.07) is 11.6. The van der Waals surface area contributed by atoms with E-state index in [0.29, 0.717) is 22.3 Å². The molecule has 0 spiro atoms. The highest BCUT2D eigenvalue weighted by Crippen LogP contribution is 2.34. The number of fused-ring (bicyclic) bond motifs is 1. The molecule has 7 nitrogen and oxygen atoms in total. The first-order chi connectivity index (χ1) is 14.7. The van der Waals surface area contributed by atoms with Gasteiger partial charge in [-0.3, -0.25) is 4.79 Å². The van der Waals surface area contributed by atoms with Crippen LogP contribution in [0.4, 0.5) is 13.6 Å². The van der Waals surface area contributed by atoms with Crippen LogP contribution in [0.15, 0.2) is 46.9 Å². The second-order valence-corrected chi connectivity index (χ2v) is 7.49. The summed E-state index contributed by atoms with van der Waals surface area (Å²) in [5.41, 5.74) is 2.03. The van der Waals surface area contributed by atoms with Crippen molar-refractivity contribution in [1.82, 2.24) is 10.2 Å². The number of phenols is 1. The molecule has 1 aliphatic rings. The molecular weight excluding hydrogens is 410 g/mol. The highest BCUT2D eigenvalue weighted by molar-refractivity contribution is 5.95. The number of amides is 2. The van der Waals surface area contributed by atoms with E-state index in [-0.39, 0.29) is 49.7 Å². The Bertz CT molecular complexity index is 1130. The van der Waals surface area contributed by atoms with Gasteiger partial charge in [0.2, 0.25) is 0 Å². The molecule has 1 aromatic heterocycles. The van der Waals surface area contributed by atoms with E-state index >= 15 is 0 Å². The van der Waals surface area contributed by atoms with Gasteiger partial charge in [-0.15, -0.1) is 0 Å². The number of aromatic hydroxyl groups is 1. The molecule has 1 fully saturated rings. The van der Waals surface area contributed by atoms with Crippen LogP contribution in [0.3, 0.4) is 0 Å². The van der Waals surface area contributed by atoms with Crippen LogP contribution in [0.5, 0.6) is 5.75 Å². The molecule has 1 saturated heterocycles. The number of nitrogens with zero attached hydrogens (tertiary/aromatic N) is 1. The fourth-order valence-electron chi connectivity index (χ4n) is 3.63. The number of alkyl halides is 2. The summed E-state index contributed by atoms with van der Waals surface area (Å²) in [7, 11) is 0. The van der Waals surface area contributed by atoms with Gasteiger partial charge in [0, 0.05) is 36.9 Å². The van der Waals surface area contributed by atoms with Gasteiger partial charge in [-0.1, -0.05) is 12.1 Å². The molecule has 162 valence electrons. The van der Waals surface area contributed by atoms with Gasteiger partial charge in [-0.25, -0.2) is 8.78 Å². The number of rotatable bonds is 4. The third kappa shape index (κ3) is 4.45. The predicted octanol–water partition coefficient (Wildman–Crippen LogP) is 3.11. The lowest BCUT2D eigenvalue weighted by molar-refractivity contribution is -0.251. The van der Waals surface area contributed by atoms with E-state index in [1.807, 2.05) is 0 Å². The molecule has 0 radical (unpaired) electrons. The standard InChI is InChI=1S/C22H20F2N2O5/c23-22(24)5-7-26(8-6-22)20(28)14-3-1-13(2-4-14)15-9-16-10-17(12-25-21(29)30)31-19(16)18(27)11-15/h1-4,9-11,25,27H,5-8,12H2,(H,29,30)/p-1. The van der Waals surface area contributed by atoms with Gasteiger partial charge in [-0.2, -0.15) is 0 Å². The summed E-state index contributed by atoms with van der Waals surface area (Å²) in [4.78, 5) is 24.5. The minimum Gasteiger partial charge on any atom is -0.530 e. The quantitative estimate of drug-likeness (QED) is 0.663. The Kier molecular flexibility index (Phi) is 5.26. The number of benzene rings is 2. The van der Waals surface area contributed by atoms with Gasteiger partial charge < -0.3 is 29.6 Å². The average molecular weight is 429 g/mol. The van der Waals surface area contributed by atoms with E-state index < -0.39 is 12.0 Å². The van der Waals surface area contributed by atoms with Gasteiger partial charge in [0.05, 0.1) is 6.54 Å². The highest BCUT2D eigenvalue weighted by atomic mass is 19.3. The zero-order valence-corrected chi connectivity index (χ0v) is 16.4. The zero-order valence-electron chi connectivity index (χ0n) is 16.4. The first-order valence-corrected chi connectivity index (χ1v) is 9.70. The molecule has 9 heteroatoms. The third-order valence-electron chi connectivity index (χ3n) is 5.30. The molecular formula is C22H19F2N2O5-. The average Bonchev–Trinajstić information content (AvgIpc) is 3.16. The Morgan fingerprint density at radius 1 is 1.10 bits per heavy atom. The van der Waals surface area contributed by atoms with E-state index in [9.17, 15) is 28.6 Å². The van der Waals surface area contributed by atoms with E-state index in [2.05, 4.69) is 5.32 Å². The van der Waals surface area contributed by atoms with E-state index in [1.54, 1.807) is 36.4 Å². The van der Waals surface area contributed by atoms with Gasteiger partial charge in [-0.05, 0) is 41.5 Å². The maximum atomic E-state index is 13.3. The van der Waals surface area contributed by atoms with Crippen molar-refractivity contribution in [2.45, 2.75) is 25.3 Å². The molecule has 2 aromatic carbocycles. The number of carbonyl (C=O) groups excluding carboxylic acids is 2. The first-order valence-electron chi connectivity index (χ1n) is 9.70. The van der Waals surface area contributed by atoms with Crippen LogP contribution < -0.4 is 10.4 Å². The van der Waals surface area contributed by atoms with Crippen molar-refractivity contribution < 1.29 is 33.0 Å². The van der Waals surface area contributed by atoms with Crippen LogP contribution in [0.1, 0.15) is 29.0 Å². The number of phenolic OH excluding ortho intramolecular Hbond substituents is 1. The molecule has 0 unspecified atom stereocenters. The second kappa shape index (κ2) is 7.90. The molecule has 0 atom stereocenters. The Morgan fingerprint density at radius 3 is 2.42 bits per heavy atom. The minimum absolute atomic E-state index is 0.0216. The molecule has 2 heterocycles. The Hall–Kier alpha value is -3.62. The lowest BCUT2D eigenvalue weighted by Crippen LogP contribution is -2.42. The summed E-state index contributed by atoms with van der Waals surface area (Å²) < 4.78 is 32.1. The van der Waals surface area contributed by atoms with Crippen molar-refractivity contribution in [2.75, 3.05) is 13.1 Å². The number of hydrogen-bond donors (Lipinski definition) is 2. The van der Waals surface area contributed by atoms with Crippen molar-refractivity contribution in [3.8, 4) is 16.9 Å². The Balaban J connectivity index is 1.53. The van der Waals surface area contributed by atoms with Crippen molar-refractivity contribution in [2.24, 2.45) is 0 Å². The van der Waals surface area contributed by atoms with Gasteiger partial charge >= 0.3 is 0 Å². The summed E-state index contributed by atoms with van der Waals surface area (Å²) in [6.45, 7) is -0.0491.